The van der Waals surface area contributed by atoms with Gasteiger partial charge in [0, 0.05) is 6.26 Å². The minimum Gasteiger partial charge on any atom is -0.350 e. The molecule has 3 N–H and O–H groups in total. The maximum absolute atomic E-state index is 11.4. The molecule has 2 amide bonds. The molecule has 0 atom stereocenters. The molecule has 7 nitrogen and oxygen atoms in total. The second kappa shape index (κ2) is 5.29. The number of hydrogen-bond acceptors (Lipinski definition) is 5. The van der Waals surface area contributed by atoms with Crippen molar-refractivity contribution in [2.45, 2.75) is 4.90 Å². The van der Waals surface area contributed by atoms with E-state index in [9.17, 15) is 13.2 Å². The summed E-state index contributed by atoms with van der Waals surface area (Å²) in [4.78, 5) is 10.3. The predicted octanol–water partition coefficient (Wildman–Crippen LogP) is -0.0360. The van der Waals surface area contributed by atoms with Crippen molar-refractivity contribution in [1.82, 2.24) is 5.43 Å². The van der Waals surface area contributed by atoms with E-state index in [-0.39, 0.29) is 10.5 Å². The Labute approximate surface area is 104 Å². The van der Waals surface area contributed by atoms with E-state index in [1.54, 1.807) is 6.07 Å². The van der Waals surface area contributed by atoms with E-state index in [0.717, 1.165) is 6.26 Å². The van der Waals surface area contributed by atoms with Gasteiger partial charge in [0.2, 0.25) is 0 Å². The molecule has 1 aromatic carbocycles. The summed E-state index contributed by atoms with van der Waals surface area (Å²) in [5, 5.41) is 12.4. The Morgan fingerprint density at radius 3 is 2.72 bits per heavy atom. The Morgan fingerprint density at radius 2 is 2.22 bits per heavy atom. The van der Waals surface area contributed by atoms with Gasteiger partial charge >= 0.3 is 6.03 Å². The molecule has 0 aromatic heterocycles. The van der Waals surface area contributed by atoms with Crippen molar-refractivity contribution in [3.8, 4) is 6.07 Å². The van der Waals surface area contributed by atoms with Crippen LogP contribution in [0.15, 0.2) is 28.2 Å². The highest BCUT2D eigenvalue weighted by atomic mass is 32.2. The van der Waals surface area contributed by atoms with Crippen LogP contribution in [0.1, 0.15) is 11.1 Å². The number of nitrogens with one attached hydrogen (secondary N) is 1. The second-order valence-corrected chi connectivity index (χ2v) is 5.36. The maximum atomic E-state index is 11.4. The first-order chi connectivity index (χ1) is 8.34. The lowest BCUT2D eigenvalue weighted by Gasteiger charge is -2.02. The molecule has 0 unspecified atom stereocenters. The standard InChI is InChI=1S/C10H10N4O3S/c1-18(16,17)9-3-2-7(4-8(9)5-11)6-13-14-10(12)15/h2-4,6H,1H3,(H3,12,14,15). The first kappa shape index (κ1) is 13.7. The summed E-state index contributed by atoms with van der Waals surface area (Å²) in [6.07, 6.45) is 2.27. The molecule has 8 heteroatoms. The summed E-state index contributed by atoms with van der Waals surface area (Å²) in [5.74, 6) is 0. The number of urea groups is 1. The first-order valence-corrected chi connectivity index (χ1v) is 6.56. The fourth-order valence-electron chi connectivity index (χ4n) is 1.21. The van der Waals surface area contributed by atoms with E-state index in [2.05, 4.69) is 5.10 Å². The maximum Gasteiger partial charge on any atom is 0.332 e. The zero-order chi connectivity index (χ0) is 13.8. The molecule has 0 saturated carbocycles. The fraction of sp³-hybridized carbons (Fsp3) is 0.100. The topological polar surface area (TPSA) is 125 Å². The molecule has 0 bridgehead atoms. The third-order valence-corrected chi connectivity index (χ3v) is 3.07. The van der Waals surface area contributed by atoms with Crippen molar-refractivity contribution in [3.63, 3.8) is 0 Å². The van der Waals surface area contributed by atoms with Gasteiger partial charge in [0.15, 0.2) is 9.84 Å². The number of sulfone groups is 1. The van der Waals surface area contributed by atoms with Crippen LogP contribution in [0.4, 0.5) is 4.79 Å². The molecule has 0 spiro atoms. The number of hydrazone groups is 1. The minimum absolute atomic E-state index is 0.0144. The van der Waals surface area contributed by atoms with Gasteiger partial charge < -0.3 is 5.73 Å². The summed E-state index contributed by atoms with van der Waals surface area (Å²) in [6, 6.07) is 5.09. The van der Waals surface area contributed by atoms with E-state index in [1.807, 2.05) is 5.43 Å². The average molecular weight is 266 g/mol. The molecule has 1 aromatic rings. The monoisotopic (exact) mass is 266 g/mol. The molecule has 0 saturated heterocycles. The summed E-state index contributed by atoms with van der Waals surface area (Å²) >= 11 is 0. The smallest absolute Gasteiger partial charge is 0.332 e. The Kier molecular flexibility index (Phi) is 4.01. The number of carbonyl (C=O) groups is 1. The third-order valence-electron chi connectivity index (χ3n) is 1.91. The number of hydrogen-bond donors (Lipinski definition) is 2. The highest BCUT2D eigenvalue weighted by Crippen LogP contribution is 2.15. The van der Waals surface area contributed by atoms with Crippen LogP contribution in [0.5, 0.6) is 0 Å². The Hall–Kier alpha value is -2.40. The number of carbonyl (C=O) groups excluding carboxylic acids is 1. The molecule has 18 heavy (non-hydrogen) atoms. The van der Waals surface area contributed by atoms with Crippen molar-refractivity contribution in [2.75, 3.05) is 6.26 Å². The van der Waals surface area contributed by atoms with Crippen molar-refractivity contribution >= 4 is 22.1 Å². The minimum atomic E-state index is -3.45. The highest BCUT2D eigenvalue weighted by Gasteiger charge is 2.13. The zero-order valence-electron chi connectivity index (χ0n) is 9.41. The van der Waals surface area contributed by atoms with Gasteiger partial charge in [-0.2, -0.15) is 10.4 Å². The van der Waals surface area contributed by atoms with Crippen LogP contribution in [-0.2, 0) is 9.84 Å². The Morgan fingerprint density at radius 1 is 1.56 bits per heavy atom. The molecule has 0 aliphatic heterocycles. The lowest BCUT2D eigenvalue weighted by Crippen LogP contribution is -2.24. The van der Waals surface area contributed by atoms with Crippen LogP contribution in [-0.4, -0.2) is 26.9 Å². The van der Waals surface area contributed by atoms with Crippen LogP contribution in [0.3, 0.4) is 0 Å². The van der Waals surface area contributed by atoms with Crippen molar-refractivity contribution in [2.24, 2.45) is 10.8 Å². The van der Waals surface area contributed by atoms with Crippen LogP contribution < -0.4 is 11.2 Å². The second-order valence-electron chi connectivity index (χ2n) is 3.37. The molecule has 0 aliphatic carbocycles. The van der Waals surface area contributed by atoms with E-state index in [4.69, 9.17) is 11.0 Å². The first-order valence-electron chi connectivity index (χ1n) is 4.67. The average Bonchev–Trinajstić information content (AvgIpc) is 2.26. The number of nitrogens with zero attached hydrogens (tertiary/aromatic N) is 2. The van der Waals surface area contributed by atoms with Gasteiger partial charge in [-0.1, -0.05) is 6.07 Å². The van der Waals surface area contributed by atoms with Crippen LogP contribution in [0.25, 0.3) is 0 Å². The highest BCUT2D eigenvalue weighted by molar-refractivity contribution is 7.90. The Bertz CT molecular complexity index is 644. The van der Waals surface area contributed by atoms with Gasteiger partial charge in [-0.25, -0.2) is 18.6 Å². The van der Waals surface area contributed by atoms with Crippen LogP contribution in [0, 0.1) is 11.3 Å². The quantitative estimate of drug-likeness (QED) is 0.588. The SMILES string of the molecule is CS(=O)(=O)c1ccc(C=NNC(N)=O)cc1C#N. The summed E-state index contributed by atoms with van der Waals surface area (Å²) in [7, 11) is -3.45. The summed E-state index contributed by atoms with van der Waals surface area (Å²) in [5.41, 5.74) is 7.26. The number of amides is 2. The van der Waals surface area contributed by atoms with E-state index in [0.29, 0.717) is 5.56 Å². The third kappa shape index (κ3) is 3.57. The normalized spacial score (nSPS) is 11.1. The van der Waals surface area contributed by atoms with Gasteiger partial charge in [-0.3, -0.25) is 0 Å². The fourth-order valence-corrected chi connectivity index (χ4v) is 2.03. The van der Waals surface area contributed by atoms with Gasteiger partial charge in [0.25, 0.3) is 0 Å². The lowest BCUT2D eigenvalue weighted by atomic mass is 10.1. The molecular weight excluding hydrogens is 256 g/mol. The number of rotatable bonds is 3. The molecule has 0 heterocycles. The van der Waals surface area contributed by atoms with Crippen molar-refractivity contribution in [1.29, 1.82) is 5.26 Å². The molecule has 0 radical (unpaired) electrons. The summed E-state index contributed by atoms with van der Waals surface area (Å²) < 4.78 is 22.7. The van der Waals surface area contributed by atoms with E-state index >= 15 is 0 Å². The van der Waals surface area contributed by atoms with E-state index in [1.165, 1.54) is 24.4 Å². The van der Waals surface area contributed by atoms with Gasteiger partial charge in [0.1, 0.15) is 6.07 Å². The predicted molar refractivity (Wildman–Crippen MR) is 64.6 cm³/mol. The number of nitrogens with two attached hydrogens (primary N) is 1. The largest absolute Gasteiger partial charge is 0.350 e. The molecular formula is C10H10N4O3S. The van der Waals surface area contributed by atoms with Crippen molar-refractivity contribution in [3.05, 3.63) is 29.3 Å². The molecule has 94 valence electrons. The Balaban J connectivity index is 3.12. The van der Waals surface area contributed by atoms with Gasteiger partial charge in [0.05, 0.1) is 16.7 Å². The number of primary amides is 1. The van der Waals surface area contributed by atoms with Crippen molar-refractivity contribution < 1.29 is 13.2 Å². The van der Waals surface area contributed by atoms with Gasteiger partial charge in [-0.05, 0) is 17.7 Å². The van der Waals surface area contributed by atoms with E-state index < -0.39 is 15.9 Å². The van der Waals surface area contributed by atoms with Gasteiger partial charge in [-0.15, -0.1) is 0 Å². The number of benzene rings is 1. The lowest BCUT2D eigenvalue weighted by molar-refractivity contribution is 0.249. The zero-order valence-corrected chi connectivity index (χ0v) is 10.2. The molecule has 1 rings (SSSR count). The molecule has 0 fully saturated rings. The van der Waals surface area contributed by atoms with Crippen LogP contribution in [0.2, 0.25) is 0 Å². The molecule has 0 aliphatic rings. The number of nitriles is 1. The summed E-state index contributed by atoms with van der Waals surface area (Å²) in [6.45, 7) is 0. The van der Waals surface area contributed by atoms with Crippen LogP contribution >= 0.6 is 0 Å².